The predicted molar refractivity (Wildman–Crippen MR) is 93.2 cm³/mol. The van der Waals surface area contributed by atoms with E-state index in [1.165, 1.54) is 0 Å². The van der Waals surface area contributed by atoms with Crippen LogP contribution in [0.15, 0.2) is 12.1 Å². The fourth-order valence-electron chi connectivity index (χ4n) is 2.04. The van der Waals surface area contributed by atoms with E-state index in [-0.39, 0.29) is 16.5 Å². The van der Waals surface area contributed by atoms with Gasteiger partial charge in [-0.25, -0.2) is 0 Å². The summed E-state index contributed by atoms with van der Waals surface area (Å²) in [6.45, 7) is 6.81. The van der Waals surface area contributed by atoms with Gasteiger partial charge in [0.1, 0.15) is 6.54 Å². The zero-order valence-corrected chi connectivity index (χ0v) is 16.4. The molecule has 1 aromatic rings. The van der Waals surface area contributed by atoms with E-state index in [9.17, 15) is 0 Å². The van der Waals surface area contributed by atoms with Crippen molar-refractivity contribution in [3.8, 4) is 12.3 Å². The molecule has 1 nitrogen and oxygen atoms in total. The summed E-state index contributed by atoms with van der Waals surface area (Å²) in [5, 5.41) is 1.75. The molecule has 1 unspecified atom stereocenters. The maximum atomic E-state index is 6.27. The van der Waals surface area contributed by atoms with Crippen LogP contribution in [-0.2, 0) is 6.54 Å². The highest BCUT2D eigenvalue weighted by Gasteiger charge is 2.32. The topological polar surface area (TPSA) is 0 Å². The fourth-order valence-corrected chi connectivity index (χ4v) is 3.97. The minimum atomic E-state index is 0. The predicted octanol–water partition coefficient (Wildman–Crippen LogP) is 2.40. The van der Waals surface area contributed by atoms with E-state index in [2.05, 4.69) is 42.4 Å². The van der Waals surface area contributed by atoms with Crippen molar-refractivity contribution in [3.05, 3.63) is 32.8 Å². The van der Waals surface area contributed by atoms with E-state index in [0.29, 0.717) is 21.6 Å². The van der Waals surface area contributed by atoms with Crippen LogP contribution in [0.3, 0.4) is 0 Å². The van der Waals surface area contributed by atoms with Crippen LogP contribution in [0.5, 0.6) is 0 Å². The first kappa shape index (κ1) is 20.6. The molecule has 0 aliphatic heterocycles. The molecule has 0 saturated carbocycles. The van der Waals surface area contributed by atoms with Crippen LogP contribution in [0.25, 0.3) is 0 Å². The van der Waals surface area contributed by atoms with Crippen molar-refractivity contribution >= 4 is 57.4 Å². The molecule has 0 radical (unpaired) electrons. The first-order valence-electron chi connectivity index (χ1n) is 5.99. The lowest BCUT2D eigenvalue weighted by molar-refractivity contribution is -0.936. The standard InChI is InChI=1S/C14H16Cl3IN.ClH/c1-4-14(18)19(5-2,6-3)9-11-12(16)7-10(15)8-13(11)17;/h1,7-8,14H,5-6,9H2,2-3H3;1H/q+1;/p-1. The third-order valence-electron chi connectivity index (χ3n) is 3.46. The van der Waals surface area contributed by atoms with Crippen molar-refractivity contribution in [3.63, 3.8) is 0 Å². The van der Waals surface area contributed by atoms with E-state index >= 15 is 0 Å². The van der Waals surface area contributed by atoms with Crippen molar-refractivity contribution in [1.82, 2.24) is 0 Å². The number of hydrogen-bond acceptors (Lipinski definition) is 0. The summed E-state index contributed by atoms with van der Waals surface area (Å²) in [7, 11) is 0. The van der Waals surface area contributed by atoms with Crippen molar-refractivity contribution < 1.29 is 16.9 Å². The van der Waals surface area contributed by atoms with E-state index < -0.39 is 0 Å². The molecule has 0 N–H and O–H groups in total. The van der Waals surface area contributed by atoms with Gasteiger partial charge in [0.2, 0.25) is 4.05 Å². The van der Waals surface area contributed by atoms with Crippen LogP contribution in [0.2, 0.25) is 15.1 Å². The molecular formula is C14H16Cl4IN. The third kappa shape index (κ3) is 4.56. The number of benzene rings is 1. The molecular weight excluding hydrogens is 451 g/mol. The van der Waals surface area contributed by atoms with E-state index in [1.54, 1.807) is 12.1 Å². The van der Waals surface area contributed by atoms with Crippen LogP contribution in [-0.4, -0.2) is 21.6 Å². The first-order chi connectivity index (χ1) is 8.90. The zero-order chi connectivity index (χ0) is 14.6. The Labute approximate surface area is 156 Å². The van der Waals surface area contributed by atoms with E-state index in [1.807, 2.05) is 0 Å². The Morgan fingerprint density at radius 3 is 2.00 bits per heavy atom. The molecule has 0 heterocycles. The molecule has 0 saturated heterocycles. The molecule has 0 bridgehead atoms. The van der Waals surface area contributed by atoms with Gasteiger partial charge in [-0.1, -0.05) is 34.8 Å². The van der Waals surface area contributed by atoms with Gasteiger partial charge in [-0.2, -0.15) is 0 Å². The second kappa shape index (κ2) is 8.92. The summed E-state index contributed by atoms with van der Waals surface area (Å²) < 4.78 is 0.827. The Morgan fingerprint density at radius 1 is 1.20 bits per heavy atom. The quantitative estimate of drug-likeness (QED) is 0.205. The van der Waals surface area contributed by atoms with Gasteiger partial charge in [0.15, 0.2) is 0 Å². The van der Waals surface area contributed by atoms with Gasteiger partial charge in [0.25, 0.3) is 0 Å². The minimum absolute atomic E-state index is 0. The van der Waals surface area contributed by atoms with Gasteiger partial charge in [-0.3, -0.25) is 4.48 Å². The average molecular weight is 467 g/mol. The average Bonchev–Trinajstić information content (AvgIpc) is 2.38. The summed E-state index contributed by atoms with van der Waals surface area (Å²) in [5.41, 5.74) is 0.911. The van der Waals surface area contributed by atoms with E-state index in [0.717, 1.165) is 23.1 Å². The zero-order valence-electron chi connectivity index (χ0n) is 11.3. The maximum Gasteiger partial charge on any atom is 0.200 e. The van der Waals surface area contributed by atoms with E-state index in [4.69, 9.17) is 41.2 Å². The number of hydrogen-bond donors (Lipinski definition) is 0. The summed E-state index contributed by atoms with van der Waals surface area (Å²) in [5.74, 6) is 2.82. The molecule has 0 aliphatic rings. The number of nitrogens with zero attached hydrogens (tertiary/aromatic N) is 1. The Hall–Kier alpha value is 0.630. The lowest BCUT2D eigenvalue weighted by atomic mass is 10.1. The molecule has 0 aliphatic carbocycles. The summed E-state index contributed by atoms with van der Waals surface area (Å²) in [4.78, 5) is 0. The lowest BCUT2D eigenvalue weighted by Crippen LogP contribution is -3.00. The Bertz CT molecular complexity index is 471. The fraction of sp³-hybridized carbons (Fsp3) is 0.429. The molecule has 1 rings (SSSR count). The van der Waals surface area contributed by atoms with Gasteiger partial charge in [0, 0.05) is 33.2 Å². The Kier molecular flexibility index (Phi) is 9.21. The van der Waals surface area contributed by atoms with Crippen LogP contribution in [0, 0.1) is 12.3 Å². The van der Waals surface area contributed by atoms with Gasteiger partial charge >= 0.3 is 0 Å². The lowest BCUT2D eigenvalue weighted by Gasteiger charge is -2.39. The highest BCUT2D eigenvalue weighted by Crippen LogP contribution is 2.33. The van der Waals surface area contributed by atoms with Gasteiger partial charge in [0.05, 0.1) is 23.1 Å². The minimum Gasteiger partial charge on any atom is -1.00 e. The Balaban J connectivity index is 0.00000361. The summed E-state index contributed by atoms with van der Waals surface area (Å²) >= 11 is 20.8. The molecule has 0 amide bonds. The van der Waals surface area contributed by atoms with Crippen molar-refractivity contribution in [2.45, 2.75) is 24.4 Å². The highest BCUT2D eigenvalue weighted by molar-refractivity contribution is 14.1. The van der Waals surface area contributed by atoms with Crippen LogP contribution in [0.1, 0.15) is 19.4 Å². The molecule has 20 heavy (non-hydrogen) atoms. The summed E-state index contributed by atoms with van der Waals surface area (Å²) in [6.07, 6.45) is 5.60. The second-order valence-corrected chi connectivity index (χ2v) is 6.79. The molecule has 1 atom stereocenters. The van der Waals surface area contributed by atoms with Gasteiger partial charge in [-0.05, 0) is 31.9 Å². The molecule has 0 spiro atoms. The van der Waals surface area contributed by atoms with Crippen molar-refractivity contribution in [2.24, 2.45) is 0 Å². The number of terminal acetylenes is 1. The van der Waals surface area contributed by atoms with Gasteiger partial charge < -0.3 is 12.4 Å². The second-order valence-electron chi connectivity index (χ2n) is 4.36. The molecule has 6 heteroatoms. The van der Waals surface area contributed by atoms with Crippen molar-refractivity contribution in [1.29, 1.82) is 0 Å². The molecule has 1 aromatic carbocycles. The molecule has 112 valence electrons. The molecule has 0 fully saturated rings. The van der Waals surface area contributed by atoms with Crippen molar-refractivity contribution in [2.75, 3.05) is 13.1 Å². The third-order valence-corrected chi connectivity index (χ3v) is 5.89. The maximum absolute atomic E-state index is 6.27. The summed E-state index contributed by atoms with van der Waals surface area (Å²) in [6, 6.07) is 3.45. The number of rotatable bonds is 5. The first-order valence-corrected chi connectivity index (χ1v) is 8.37. The number of quaternary nitrogens is 1. The van der Waals surface area contributed by atoms with Crippen LogP contribution < -0.4 is 12.4 Å². The monoisotopic (exact) mass is 465 g/mol. The normalized spacial score (nSPS) is 12.4. The molecule has 0 aromatic heterocycles. The highest BCUT2D eigenvalue weighted by atomic mass is 127. The number of alkyl halides is 1. The number of halogens is 5. The van der Waals surface area contributed by atoms with Gasteiger partial charge in [-0.15, -0.1) is 6.42 Å². The largest absolute Gasteiger partial charge is 1.00 e. The Morgan fingerprint density at radius 2 is 1.65 bits per heavy atom. The van der Waals surface area contributed by atoms with Crippen LogP contribution in [0.4, 0.5) is 0 Å². The smallest absolute Gasteiger partial charge is 0.200 e. The SMILES string of the molecule is C#CC(I)[N+](CC)(CC)Cc1c(Cl)cc(Cl)cc1Cl.[Cl-]. The van der Waals surface area contributed by atoms with Crippen LogP contribution >= 0.6 is 57.4 Å².